The lowest BCUT2D eigenvalue weighted by atomic mass is 10.1. The second-order valence-electron chi connectivity index (χ2n) is 5.65. The Labute approximate surface area is 131 Å². The summed E-state index contributed by atoms with van der Waals surface area (Å²) in [6, 6.07) is 14.8. The highest BCUT2D eigenvalue weighted by atomic mass is 32.2. The highest BCUT2D eigenvalue weighted by Gasteiger charge is 2.28. The summed E-state index contributed by atoms with van der Waals surface area (Å²) in [5.74, 6) is 0. The van der Waals surface area contributed by atoms with Gasteiger partial charge in [-0.25, -0.2) is 0 Å². The zero-order valence-electron chi connectivity index (χ0n) is 12.7. The van der Waals surface area contributed by atoms with Gasteiger partial charge in [0.1, 0.15) is 0 Å². The van der Waals surface area contributed by atoms with Crippen LogP contribution in [0.2, 0.25) is 0 Å². The first kappa shape index (κ1) is 15.1. The molecule has 0 fully saturated rings. The van der Waals surface area contributed by atoms with Crippen LogP contribution in [0.5, 0.6) is 0 Å². The lowest BCUT2D eigenvalue weighted by molar-refractivity contribution is 0.291. The second-order valence-corrected chi connectivity index (χ2v) is 7.26. The Morgan fingerprint density at radius 1 is 1.14 bits per heavy atom. The number of likely N-dealkylation sites (N-methyl/N-ethyl adjacent to an activating group) is 1. The number of nitrogens with zero attached hydrogens (tertiary/aromatic N) is 1. The van der Waals surface area contributed by atoms with Gasteiger partial charge >= 0.3 is 0 Å². The SMILES string of the molecule is Cc1ccc(S(=O)(=O)OCC2Cc3ccccc3N2C)cc1. The normalized spacial score (nSPS) is 17.5. The molecule has 2 aromatic rings. The number of hydrogen-bond donors (Lipinski definition) is 0. The maximum Gasteiger partial charge on any atom is 0.297 e. The average molecular weight is 317 g/mol. The summed E-state index contributed by atoms with van der Waals surface area (Å²) < 4.78 is 29.7. The molecule has 0 spiro atoms. The summed E-state index contributed by atoms with van der Waals surface area (Å²) in [6.07, 6.45) is 0.802. The van der Waals surface area contributed by atoms with Gasteiger partial charge in [0.15, 0.2) is 0 Å². The fraction of sp³-hybridized carbons (Fsp3) is 0.294. The zero-order valence-corrected chi connectivity index (χ0v) is 13.5. The van der Waals surface area contributed by atoms with Gasteiger partial charge in [-0.15, -0.1) is 0 Å². The largest absolute Gasteiger partial charge is 0.369 e. The van der Waals surface area contributed by atoms with Crippen LogP contribution in [-0.2, 0) is 20.7 Å². The number of aryl methyl sites for hydroxylation is 1. The Morgan fingerprint density at radius 3 is 2.50 bits per heavy atom. The van der Waals surface area contributed by atoms with Crippen LogP contribution in [-0.4, -0.2) is 28.1 Å². The Hall–Kier alpha value is -1.85. The molecule has 0 saturated carbocycles. The van der Waals surface area contributed by atoms with Crippen molar-refractivity contribution < 1.29 is 12.6 Å². The molecule has 1 heterocycles. The number of para-hydroxylation sites is 1. The van der Waals surface area contributed by atoms with Gasteiger partial charge in [0, 0.05) is 12.7 Å². The molecule has 0 N–H and O–H groups in total. The van der Waals surface area contributed by atoms with Crippen LogP contribution in [0.1, 0.15) is 11.1 Å². The van der Waals surface area contributed by atoms with Crippen LogP contribution in [0.15, 0.2) is 53.4 Å². The van der Waals surface area contributed by atoms with Gasteiger partial charge < -0.3 is 4.90 Å². The topological polar surface area (TPSA) is 46.6 Å². The van der Waals surface area contributed by atoms with E-state index in [-0.39, 0.29) is 17.5 Å². The quantitative estimate of drug-likeness (QED) is 0.814. The van der Waals surface area contributed by atoms with Crippen LogP contribution in [0, 0.1) is 6.92 Å². The Kier molecular flexibility index (Phi) is 3.93. The molecule has 5 heteroatoms. The molecule has 22 heavy (non-hydrogen) atoms. The van der Waals surface area contributed by atoms with Crippen molar-refractivity contribution in [3.8, 4) is 0 Å². The van der Waals surface area contributed by atoms with Crippen molar-refractivity contribution in [3.05, 3.63) is 59.7 Å². The first-order valence-electron chi connectivity index (χ1n) is 7.24. The van der Waals surface area contributed by atoms with Crippen molar-refractivity contribution in [2.75, 3.05) is 18.6 Å². The van der Waals surface area contributed by atoms with Crippen molar-refractivity contribution in [1.29, 1.82) is 0 Å². The van der Waals surface area contributed by atoms with Gasteiger partial charge in [-0.2, -0.15) is 8.42 Å². The lowest BCUT2D eigenvalue weighted by Crippen LogP contribution is -2.33. The predicted molar refractivity (Wildman–Crippen MR) is 86.7 cm³/mol. The lowest BCUT2D eigenvalue weighted by Gasteiger charge is -2.22. The number of rotatable bonds is 4. The standard InChI is InChI=1S/C17H19NO3S/c1-13-7-9-16(10-8-13)22(19,20)21-12-15-11-14-5-3-4-6-17(14)18(15)2/h3-10,15H,11-12H2,1-2H3. The van der Waals surface area contributed by atoms with Gasteiger partial charge in [0.05, 0.1) is 17.5 Å². The van der Waals surface area contributed by atoms with E-state index in [0.29, 0.717) is 0 Å². The molecule has 1 aliphatic rings. The highest BCUT2D eigenvalue weighted by molar-refractivity contribution is 7.86. The Balaban J connectivity index is 1.70. The van der Waals surface area contributed by atoms with Crippen molar-refractivity contribution in [1.82, 2.24) is 0 Å². The molecule has 0 amide bonds. The minimum absolute atomic E-state index is 0.0395. The molecule has 4 nitrogen and oxygen atoms in total. The Bertz CT molecular complexity index is 769. The molecule has 0 aliphatic carbocycles. The molecule has 1 unspecified atom stereocenters. The van der Waals surface area contributed by atoms with E-state index >= 15 is 0 Å². The van der Waals surface area contributed by atoms with E-state index in [0.717, 1.165) is 17.7 Å². The molecule has 0 radical (unpaired) electrons. The molecule has 0 bridgehead atoms. The second kappa shape index (κ2) is 5.74. The highest BCUT2D eigenvalue weighted by Crippen LogP contribution is 2.30. The summed E-state index contributed by atoms with van der Waals surface area (Å²) in [7, 11) is -1.73. The number of anilines is 1. The molecular formula is C17H19NO3S. The average Bonchev–Trinajstić information content (AvgIpc) is 2.83. The zero-order chi connectivity index (χ0) is 15.7. The molecule has 0 saturated heterocycles. The maximum atomic E-state index is 12.2. The monoisotopic (exact) mass is 317 g/mol. The van der Waals surface area contributed by atoms with Gasteiger partial charge in [-0.1, -0.05) is 35.9 Å². The third kappa shape index (κ3) is 2.87. The third-order valence-electron chi connectivity index (χ3n) is 4.10. The van der Waals surface area contributed by atoms with Gasteiger partial charge in [-0.3, -0.25) is 4.18 Å². The molecule has 3 rings (SSSR count). The molecule has 1 aliphatic heterocycles. The van der Waals surface area contributed by atoms with E-state index in [2.05, 4.69) is 11.0 Å². The fourth-order valence-corrected chi connectivity index (χ4v) is 3.67. The summed E-state index contributed by atoms with van der Waals surface area (Å²) in [5.41, 5.74) is 3.39. The minimum atomic E-state index is -3.70. The van der Waals surface area contributed by atoms with Crippen LogP contribution in [0.4, 0.5) is 5.69 Å². The van der Waals surface area contributed by atoms with Gasteiger partial charge in [-0.05, 0) is 37.1 Å². The minimum Gasteiger partial charge on any atom is -0.369 e. The molecule has 116 valence electrons. The summed E-state index contributed by atoms with van der Waals surface area (Å²) >= 11 is 0. The first-order chi connectivity index (χ1) is 10.5. The van der Waals surface area contributed by atoms with Crippen molar-refractivity contribution in [3.63, 3.8) is 0 Å². The van der Waals surface area contributed by atoms with Crippen molar-refractivity contribution in [2.24, 2.45) is 0 Å². The van der Waals surface area contributed by atoms with Crippen LogP contribution < -0.4 is 4.90 Å². The molecule has 1 atom stereocenters. The summed E-state index contributed by atoms with van der Waals surface area (Å²) in [4.78, 5) is 2.29. The van der Waals surface area contributed by atoms with Crippen LogP contribution in [0.25, 0.3) is 0 Å². The van der Waals surface area contributed by atoms with E-state index < -0.39 is 10.1 Å². The van der Waals surface area contributed by atoms with E-state index in [1.54, 1.807) is 24.3 Å². The number of hydrogen-bond acceptors (Lipinski definition) is 4. The first-order valence-corrected chi connectivity index (χ1v) is 8.65. The van der Waals surface area contributed by atoms with E-state index in [1.165, 1.54) is 5.56 Å². The fourth-order valence-electron chi connectivity index (χ4n) is 2.73. The Morgan fingerprint density at radius 2 is 1.82 bits per heavy atom. The van der Waals surface area contributed by atoms with Crippen molar-refractivity contribution >= 4 is 15.8 Å². The smallest absolute Gasteiger partial charge is 0.297 e. The van der Waals surface area contributed by atoms with E-state index in [4.69, 9.17) is 4.18 Å². The maximum absolute atomic E-state index is 12.2. The van der Waals surface area contributed by atoms with Crippen molar-refractivity contribution in [2.45, 2.75) is 24.3 Å². The van der Waals surface area contributed by atoms with Crippen LogP contribution >= 0.6 is 0 Å². The number of benzene rings is 2. The molecular weight excluding hydrogens is 298 g/mol. The van der Waals surface area contributed by atoms with Crippen LogP contribution in [0.3, 0.4) is 0 Å². The predicted octanol–water partition coefficient (Wildman–Crippen LogP) is 2.76. The number of fused-ring (bicyclic) bond motifs is 1. The molecule has 2 aromatic carbocycles. The summed E-state index contributed by atoms with van der Waals surface area (Å²) in [6.45, 7) is 2.07. The van der Waals surface area contributed by atoms with E-state index in [1.807, 2.05) is 32.2 Å². The molecule has 0 aromatic heterocycles. The van der Waals surface area contributed by atoms with Gasteiger partial charge in [0.25, 0.3) is 10.1 Å². The third-order valence-corrected chi connectivity index (χ3v) is 5.40. The summed E-state index contributed by atoms with van der Waals surface area (Å²) in [5, 5.41) is 0. The van der Waals surface area contributed by atoms with Gasteiger partial charge in [0.2, 0.25) is 0 Å². The van der Waals surface area contributed by atoms with E-state index in [9.17, 15) is 8.42 Å².